The molecule has 28 heavy (non-hydrogen) atoms. The summed E-state index contributed by atoms with van der Waals surface area (Å²) in [7, 11) is 0. The summed E-state index contributed by atoms with van der Waals surface area (Å²) in [6, 6.07) is 9.16. The first-order chi connectivity index (χ1) is 13.6. The third kappa shape index (κ3) is 3.08. The Hall–Kier alpha value is -2.05. The summed E-state index contributed by atoms with van der Waals surface area (Å²) >= 11 is 1.70. The average molecular weight is 397 g/mol. The van der Waals surface area contributed by atoms with Crippen LogP contribution in [0.3, 0.4) is 0 Å². The van der Waals surface area contributed by atoms with Crippen molar-refractivity contribution >= 4 is 11.3 Å². The Morgan fingerprint density at radius 3 is 2.82 bits per heavy atom. The van der Waals surface area contributed by atoms with Crippen molar-refractivity contribution in [3.8, 4) is 11.3 Å². The van der Waals surface area contributed by atoms with E-state index < -0.39 is 0 Å². The zero-order valence-electron chi connectivity index (χ0n) is 16.2. The van der Waals surface area contributed by atoms with Crippen molar-refractivity contribution in [2.45, 2.75) is 64.1 Å². The molecule has 1 aliphatic heterocycles. The highest BCUT2D eigenvalue weighted by atomic mass is 32.1. The van der Waals surface area contributed by atoms with E-state index in [9.17, 15) is 4.39 Å². The van der Waals surface area contributed by atoms with Crippen LogP contribution < -0.4 is 5.32 Å². The lowest BCUT2D eigenvalue weighted by atomic mass is 9.77. The van der Waals surface area contributed by atoms with Gasteiger partial charge in [0.1, 0.15) is 10.8 Å². The van der Waals surface area contributed by atoms with Gasteiger partial charge in [-0.05, 0) is 63.6 Å². The van der Waals surface area contributed by atoms with E-state index in [0.29, 0.717) is 5.56 Å². The van der Waals surface area contributed by atoms with E-state index in [0.717, 1.165) is 53.6 Å². The number of thiazole rings is 1. The van der Waals surface area contributed by atoms with Gasteiger partial charge in [-0.3, -0.25) is 10.00 Å². The van der Waals surface area contributed by atoms with E-state index in [-0.39, 0.29) is 11.4 Å². The number of nitrogens with one attached hydrogen (secondary N) is 1. The number of rotatable bonds is 5. The maximum absolute atomic E-state index is 14.3. The molecule has 1 aliphatic carbocycles. The molecule has 1 fully saturated rings. The minimum absolute atomic E-state index is 0.0942. The maximum Gasteiger partial charge on any atom is 0.132 e. The molecule has 3 aromatic rings. The molecule has 2 aliphatic rings. The van der Waals surface area contributed by atoms with Gasteiger partial charge in [-0.1, -0.05) is 12.1 Å². The summed E-state index contributed by atoms with van der Waals surface area (Å²) in [5.41, 5.74) is 3.76. The topological polar surface area (TPSA) is 42.7 Å². The highest BCUT2D eigenvalue weighted by molar-refractivity contribution is 7.12. The number of benzene rings is 1. The second kappa shape index (κ2) is 7.08. The highest BCUT2D eigenvalue weighted by Crippen LogP contribution is 2.45. The van der Waals surface area contributed by atoms with Crippen LogP contribution in [0.1, 0.15) is 53.4 Å². The first-order valence-corrected chi connectivity index (χ1v) is 11.0. The zero-order chi connectivity index (χ0) is 19.1. The quantitative estimate of drug-likeness (QED) is 0.663. The van der Waals surface area contributed by atoms with Crippen LogP contribution in [0.4, 0.5) is 4.39 Å². The summed E-state index contributed by atoms with van der Waals surface area (Å²) in [6.45, 7) is 3.84. The molecule has 0 saturated heterocycles. The van der Waals surface area contributed by atoms with Gasteiger partial charge in [-0.15, -0.1) is 11.3 Å². The molecular weight excluding hydrogens is 371 g/mol. The first-order valence-electron chi connectivity index (χ1n) is 10.2. The van der Waals surface area contributed by atoms with E-state index in [1.165, 1.54) is 31.0 Å². The lowest BCUT2D eigenvalue weighted by molar-refractivity contribution is 0.182. The SMILES string of the molecule is Cc1sc(C2(NCc3cc4n(n3)CCCC4)CCC2)nc1-c1ccccc1F. The van der Waals surface area contributed by atoms with Crippen LogP contribution in [0.25, 0.3) is 11.3 Å². The lowest BCUT2D eigenvalue weighted by Gasteiger charge is -2.41. The predicted octanol–water partition coefficient (Wildman–Crippen LogP) is 4.96. The van der Waals surface area contributed by atoms with Crippen molar-refractivity contribution in [1.29, 1.82) is 0 Å². The summed E-state index contributed by atoms with van der Waals surface area (Å²) in [5.74, 6) is -0.207. The average Bonchev–Trinajstić information content (AvgIpc) is 3.25. The second-order valence-electron chi connectivity index (χ2n) is 8.00. The molecule has 1 aromatic carbocycles. The van der Waals surface area contributed by atoms with Crippen molar-refractivity contribution in [2.75, 3.05) is 0 Å². The third-order valence-electron chi connectivity index (χ3n) is 6.12. The number of hydrogen-bond donors (Lipinski definition) is 1. The number of fused-ring (bicyclic) bond motifs is 1. The Balaban J connectivity index is 1.39. The third-order valence-corrected chi connectivity index (χ3v) is 7.29. The van der Waals surface area contributed by atoms with Crippen molar-refractivity contribution in [2.24, 2.45) is 0 Å². The van der Waals surface area contributed by atoms with Gasteiger partial charge in [0.2, 0.25) is 0 Å². The predicted molar refractivity (Wildman–Crippen MR) is 110 cm³/mol. The van der Waals surface area contributed by atoms with Crippen LogP contribution >= 0.6 is 11.3 Å². The van der Waals surface area contributed by atoms with Crippen molar-refractivity contribution < 1.29 is 4.39 Å². The van der Waals surface area contributed by atoms with Crippen LogP contribution in [0.5, 0.6) is 0 Å². The molecule has 0 unspecified atom stereocenters. The van der Waals surface area contributed by atoms with Gasteiger partial charge in [-0.25, -0.2) is 9.37 Å². The molecule has 5 rings (SSSR count). The van der Waals surface area contributed by atoms with E-state index in [1.54, 1.807) is 17.4 Å². The lowest BCUT2D eigenvalue weighted by Crippen LogP contribution is -2.47. The van der Waals surface area contributed by atoms with Crippen LogP contribution in [0.15, 0.2) is 30.3 Å². The molecule has 3 heterocycles. The number of aryl methyl sites for hydroxylation is 3. The first kappa shape index (κ1) is 18.0. The number of hydrogen-bond acceptors (Lipinski definition) is 4. The highest BCUT2D eigenvalue weighted by Gasteiger charge is 2.41. The van der Waals surface area contributed by atoms with E-state index in [2.05, 4.69) is 16.1 Å². The van der Waals surface area contributed by atoms with Gasteiger partial charge in [0.05, 0.1) is 16.9 Å². The minimum atomic E-state index is -0.207. The Morgan fingerprint density at radius 1 is 1.21 bits per heavy atom. The Bertz CT molecular complexity index is 978. The molecule has 6 heteroatoms. The van der Waals surface area contributed by atoms with Crippen LogP contribution in [-0.4, -0.2) is 14.8 Å². The Morgan fingerprint density at radius 2 is 2.07 bits per heavy atom. The Kier molecular flexibility index (Phi) is 4.56. The normalized spacial score (nSPS) is 17.9. The van der Waals surface area contributed by atoms with Gasteiger partial charge in [0, 0.05) is 29.2 Å². The van der Waals surface area contributed by atoms with Crippen molar-refractivity contribution in [3.63, 3.8) is 0 Å². The number of halogens is 1. The molecule has 0 bridgehead atoms. The molecule has 0 atom stereocenters. The molecule has 2 aromatic heterocycles. The fraction of sp³-hybridized carbons (Fsp3) is 0.455. The Labute approximate surface area is 168 Å². The number of aromatic nitrogens is 3. The van der Waals surface area contributed by atoms with E-state index in [1.807, 2.05) is 19.1 Å². The summed E-state index contributed by atoms with van der Waals surface area (Å²) in [6.07, 6.45) is 6.97. The fourth-order valence-electron chi connectivity index (χ4n) is 4.32. The second-order valence-corrected chi connectivity index (χ2v) is 9.20. The van der Waals surface area contributed by atoms with Gasteiger partial charge < -0.3 is 0 Å². The maximum atomic E-state index is 14.3. The molecule has 146 valence electrons. The summed E-state index contributed by atoms with van der Waals surface area (Å²) < 4.78 is 16.4. The monoisotopic (exact) mass is 396 g/mol. The van der Waals surface area contributed by atoms with Crippen molar-refractivity contribution in [3.05, 3.63) is 57.4 Å². The minimum Gasteiger partial charge on any atom is -0.300 e. The smallest absolute Gasteiger partial charge is 0.132 e. The van der Waals surface area contributed by atoms with E-state index >= 15 is 0 Å². The van der Waals surface area contributed by atoms with Crippen LogP contribution in [0.2, 0.25) is 0 Å². The summed E-state index contributed by atoms with van der Waals surface area (Å²) in [4.78, 5) is 5.98. The largest absolute Gasteiger partial charge is 0.300 e. The van der Waals surface area contributed by atoms with Gasteiger partial charge in [0.25, 0.3) is 0 Å². The molecule has 1 N–H and O–H groups in total. The van der Waals surface area contributed by atoms with Crippen LogP contribution in [-0.2, 0) is 25.0 Å². The molecule has 0 spiro atoms. The van der Waals surface area contributed by atoms with E-state index in [4.69, 9.17) is 10.1 Å². The molecule has 0 amide bonds. The standard InChI is InChI=1S/C22H25FN4S/c1-15-20(18-8-2-3-9-19(18)23)25-21(28-15)22(10-6-11-22)24-14-16-13-17-7-4-5-12-27(17)26-16/h2-3,8-9,13,24H,4-7,10-12,14H2,1H3. The van der Waals surface area contributed by atoms with Crippen LogP contribution in [0, 0.1) is 12.7 Å². The molecule has 1 saturated carbocycles. The molecule has 0 radical (unpaired) electrons. The summed E-state index contributed by atoms with van der Waals surface area (Å²) in [5, 5.41) is 9.62. The number of nitrogens with zero attached hydrogens (tertiary/aromatic N) is 3. The van der Waals surface area contributed by atoms with Gasteiger partial charge in [-0.2, -0.15) is 5.10 Å². The van der Waals surface area contributed by atoms with Gasteiger partial charge >= 0.3 is 0 Å². The molecule has 4 nitrogen and oxygen atoms in total. The van der Waals surface area contributed by atoms with Gasteiger partial charge in [0.15, 0.2) is 0 Å². The molecular formula is C22H25FN4S. The zero-order valence-corrected chi connectivity index (χ0v) is 17.0. The van der Waals surface area contributed by atoms with Crippen molar-refractivity contribution in [1.82, 2.24) is 20.1 Å². The fourth-order valence-corrected chi connectivity index (χ4v) is 5.48.